The Morgan fingerprint density at radius 2 is 2.11 bits per heavy atom. The minimum Gasteiger partial charge on any atom is -0.485 e. The van der Waals surface area contributed by atoms with Gasteiger partial charge in [0.05, 0.1) is 6.10 Å². The molecule has 3 unspecified atom stereocenters. The molecular formula is C22H31ClFO3P. The van der Waals surface area contributed by atoms with Gasteiger partial charge in [-0.1, -0.05) is 62.8 Å². The summed E-state index contributed by atoms with van der Waals surface area (Å²) in [5.74, 6) is 0.169. The molecule has 0 saturated heterocycles. The first kappa shape index (κ1) is 23.3. The summed E-state index contributed by atoms with van der Waals surface area (Å²) >= 11 is 5.90. The van der Waals surface area contributed by atoms with E-state index in [0.717, 1.165) is 19.3 Å². The van der Waals surface area contributed by atoms with Gasteiger partial charge < -0.3 is 9.26 Å². The number of carbonyl (C=O) groups is 1. The van der Waals surface area contributed by atoms with Gasteiger partial charge in [0.1, 0.15) is 11.9 Å². The van der Waals surface area contributed by atoms with Crippen LogP contribution in [0.2, 0.25) is 5.02 Å². The molecule has 0 bridgehead atoms. The van der Waals surface area contributed by atoms with Crippen LogP contribution >= 0.6 is 21.1 Å². The number of ether oxygens (including phenoxy) is 1. The van der Waals surface area contributed by atoms with E-state index in [4.69, 9.17) is 20.9 Å². The van der Waals surface area contributed by atoms with Crippen molar-refractivity contribution in [2.24, 2.45) is 11.8 Å². The van der Waals surface area contributed by atoms with Crippen LogP contribution in [0.25, 0.3) is 0 Å². The summed E-state index contributed by atoms with van der Waals surface area (Å²) in [7, 11) is 2.27. The molecule has 0 spiro atoms. The van der Waals surface area contributed by atoms with Gasteiger partial charge in [-0.2, -0.15) is 0 Å². The molecule has 0 heterocycles. The molecule has 28 heavy (non-hydrogen) atoms. The molecule has 0 amide bonds. The van der Waals surface area contributed by atoms with Crippen LogP contribution in [0.1, 0.15) is 51.9 Å². The minimum absolute atomic E-state index is 0.0915. The molecule has 2 rings (SSSR count). The zero-order valence-electron chi connectivity index (χ0n) is 16.5. The van der Waals surface area contributed by atoms with E-state index in [1.165, 1.54) is 25.3 Å². The van der Waals surface area contributed by atoms with Gasteiger partial charge in [-0.3, -0.25) is 4.79 Å². The third kappa shape index (κ3) is 7.46. The van der Waals surface area contributed by atoms with Crippen LogP contribution in [0.3, 0.4) is 0 Å². The van der Waals surface area contributed by atoms with Crippen molar-refractivity contribution < 1.29 is 18.4 Å². The first-order valence-electron chi connectivity index (χ1n) is 10.1. The van der Waals surface area contributed by atoms with Crippen molar-refractivity contribution in [3.8, 4) is 5.75 Å². The van der Waals surface area contributed by atoms with Gasteiger partial charge in [-0.05, 0) is 36.6 Å². The molecule has 0 radical (unpaired) electrons. The minimum atomic E-state index is -0.982. The van der Waals surface area contributed by atoms with E-state index in [0.29, 0.717) is 17.2 Å². The van der Waals surface area contributed by atoms with Crippen molar-refractivity contribution in [3.05, 3.63) is 41.4 Å². The normalized spacial score (nSPS) is 24.7. The predicted molar refractivity (Wildman–Crippen MR) is 116 cm³/mol. The highest BCUT2D eigenvalue weighted by Crippen LogP contribution is 2.41. The van der Waals surface area contributed by atoms with Crippen LogP contribution in [-0.2, 0) is 9.32 Å². The standard InChI is InChI=1S/C22H31ClFO3P/c1-2-3-4-5-6-10-20-19(21(24)14-22(20)27-28)12-11-17(25)15-26-18-9-7-8-16(23)13-18/h7-9,11-13,19-22H,2-6,10,14-15,28H2,1H3/b12-11+/t19-,20-,21?,22?/m1/s1. The maximum atomic E-state index is 14.6. The van der Waals surface area contributed by atoms with Crippen molar-refractivity contribution in [1.82, 2.24) is 0 Å². The Kier molecular flexibility index (Phi) is 10.5. The summed E-state index contributed by atoms with van der Waals surface area (Å²) < 4.78 is 25.5. The highest BCUT2D eigenvalue weighted by atomic mass is 35.5. The lowest BCUT2D eigenvalue weighted by Crippen LogP contribution is -2.20. The second-order valence-electron chi connectivity index (χ2n) is 7.44. The zero-order chi connectivity index (χ0) is 20.4. The molecule has 1 aliphatic carbocycles. The van der Waals surface area contributed by atoms with Crippen LogP contribution in [0, 0.1) is 11.8 Å². The second-order valence-corrected chi connectivity index (χ2v) is 8.15. The molecule has 1 saturated carbocycles. The van der Waals surface area contributed by atoms with Crippen molar-refractivity contribution in [1.29, 1.82) is 0 Å². The van der Waals surface area contributed by atoms with Gasteiger partial charge in [0.15, 0.2) is 12.4 Å². The predicted octanol–water partition coefficient (Wildman–Crippen LogP) is 6.35. The van der Waals surface area contributed by atoms with E-state index < -0.39 is 6.17 Å². The first-order chi connectivity index (χ1) is 13.5. The van der Waals surface area contributed by atoms with Gasteiger partial charge in [-0.15, -0.1) is 0 Å². The average Bonchev–Trinajstić information content (AvgIpc) is 2.99. The maximum absolute atomic E-state index is 14.6. The number of unbranched alkanes of at least 4 members (excludes halogenated alkanes) is 4. The zero-order valence-corrected chi connectivity index (χ0v) is 18.4. The molecule has 1 aromatic rings. The Hall–Kier alpha value is -0.960. The molecule has 5 atom stereocenters. The van der Waals surface area contributed by atoms with Crippen molar-refractivity contribution in [2.45, 2.75) is 64.1 Å². The Morgan fingerprint density at radius 3 is 2.82 bits per heavy atom. The van der Waals surface area contributed by atoms with Crippen LogP contribution < -0.4 is 4.74 Å². The Bertz CT molecular complexity index is 640. The molecule has 156 valence electrons. The van der Waals surface area contributed by atoms with E-state index in [1.807, 2.05) is 0 Å². The molecular weight excluding hydrogens is 398 g/mol. The summed E-state index contributed by atoms with van der Waals surface area (Å²) in [6.45, 7) is 2.10. The van der Waals surface area contributed by atoms with E-state index in [-0.39, 0.29) is 30.3 Å². The Labute approximate surface area is 175 Å². The van der Waals surface area contributed by atoms with Gasteiger partial charge in [0.2, 0.25) is 0 Å². The fraction of sp³-hybridized carbons (Fsp3) is 0.591. The van der Waals surface area contributed by atoms with Crippen LogP contribution in [0.4, 0.5) is 4.39 Å². The monoisotopic (exact) mass is 428 g/mol. The third-order valence-corrected chi connectivity index (χ3v) is 5.93. The number of carbonyl (C=O) groups excluding carboxylic acids is 1. The lowest BCUT2D eigenvalue weighted by Gasteiger charge is -2.22. The molecule has 6 heteroatoms. The van der Waals surface area contributed by atoms with E-state index in [1.54, 1.807) is 30.3 Å². The number of ketones is 1. The molecule has 1 aliphatic rings. The highest BCUT2D eigenvalue weighted by molar-refractivity contribution is 7.09. The SMILES string of the molecule is CCCCCCC[C@H]1C(OP)CC(F)[C@@H]1/C=C/C(=O)COc1cccc(Cl)c1. The molecule has 1 aromatic carbocycles. The Morgan fingerprint density at radius 1 is 1.32 bits per heavy atom. The molecule has 0 N–H and O–H groups in total. The van der Waals surface area contributed by atoms with E-state index >= 15 is 0 Å². The first-order valence-corrected chi connectivity index (χ1v) is 11.0. The molecule has 0 aliphatic heterocycles. The van der Waals surface area contributed by atoms with E-state index in [9.17, 15) is 9.18 Å². The lowest BCUT2D eigenvalue weighted by molar-refractivity contribution is -0.116. The van der Waals surface area contributed by atoms with Gasteiger partial charge in [0.25, 0.3) is 0 Å². The van der Waals surface area contributed by atoms with Crippen LogP contribution in [-0.4, -0.2) is 24.7 Å². The largest absolute Gasteiger partial charge is 0.485 e. The van der Waals surface area contributed by atoms with Gasteiger partial charge in [0, 0.05) is 26.8 Å². The number of rotatable bonds is 12. The number of halogens is 2. The lowest BCUT2D eigenvalue weighted by atomic mass is 9.88. The highest BCUT2D eigenvalue weighted by Gasteiger charge is 2.42. The summed E-state index contributed by atoms with van der Waals surface area (Å²) in [6.07, 6.45) is 9.27. The summed E-state index contributed by atoms with van der Waals surface area (Å²) in [6, 6.07) is 6.90. The number of alkyl halides is 1. The number of allylic oxidation sites excluding steroid dienone is 1. The third-order valence-electron chi connectivity index (χ3n) is 5.34. The number of benzene rings is 1. The number of hydrogen-bond acceptors (Lipinski definition) is 3. The Balaban J connectivity index is 1.87. The fourth-order valence-electron chi connectivity index (χ4n) is 3.83. The average molecular weight is 429 g/mol. The quantitative estimate of drug-likeness (QED) is 0.221. The molecule has 0 aromatic heterocycles. The number of hydrogen-bond donors (Lipinski definition) is 0. The van der Waals surface area contributed by atoms with Crippen LogP contribution in [0.5, 0.6) is 5.75 Å². The van der Waals surface area contributed by atoms with Gasteiger partial charge >= 0.3 is 0 Å². The summed E-state index contributed by atoms with van der Waals surface area (Å²) in [5.41, 5.74) is 0. The van der Waals surface area contributed by atoms with E-state index in [2.05, 4.69) is 16.4 Å². The fourth-order valence-corrected chi connectivity index (χ4v) is 4.32. The molecule has 3 nitrogen and oxygen atoms in total. The smallest absolute Gasteiger partial charge is 0.192 e. The maximum Gasteiger partial charge on any atom is 0.192 e. The summed E-state index contributed by atoms with van der Waals surface area (Å²) in [5, 5.41) is 0.553. The van der Waals surface area contributed by atoms with Crippen molar-refractivity contribution in [2.75, 3.05) is 6.61 Å². The topological polar surface area (TPSA) is 35.5 Å². The summed E-state index contributed by atoms with van der Waals surface area (Å²) in [4.78, 5) is 12.2. The van der Waals surface area contributed by atoms with Crippen molar-refractivity contribution in [3.63, 3.8) is 0 Å². The van der Waals surface area contributed by atoms with Crippen LogP contribution in [0.15, 0.2) is 36.4 Å². The van der Waals surface area contributed by atoms with Crippen molar-refractivity contribution >= 4 is 26.9 Å². The second kappa shape index (κ2) is 12.6. The van der Waals surface area contributed by atoms with Gasteiger partial charge in [-0.25, -0.2) is 4.39 Å². The molecule has 1 fully saturated rings.